The number of anilines is 1. The predicted molar refractivity (Wildman–Crippen MR) is 83.9 cm³/mol. The first-order valence-corrected chi connectivity index (χ1v) is 7.90. The van der Waals surface area contributed by atoms with Crippen LogP contribution in [0.15, 0.2) is 28.7 Å². The van der Waals surface area contributed by atoms with Gasteiger partial charge in [-0.15, -0.1) is 0 Å². The van der Waals surface area contributed by atoms with E-state index in [1.54, 1.807) is 6.08 Å². The predicted octanol–water partition coefficient (Wildman–Crippen LogP) is 3.93. The smallest absolute Gasteiger partial charge is 0.328 e. The molecule has 1 N–H and O–H groups in total. The van der Waals surface area contributed by atoms with Gasteiger partial charge in [0.05, 0.1) is 0 Å². The molecule has 4 heteroatoms. The number of benzene rings is 1. The highest BCUT2D eigenvalue weighted by Gasteiger charge is 2.33. The Bertz CT molecular complexity index is 547. The maximum atomic E-state index is 10.6. The van der Waals surface area contributed by atoms with Crippen LogP contribution >= 0.6 is 15.9 Å². The van der Waals surface area contributed by atoms with E-state index < -0.39 is 5.97 Å². The van der Waals surface area contributed by atoms with E-state index in [1.807, 2.05) is 6.07 Å². The average Bonchev–Trinajstić information content (AvgIpc) is 3.26. The molecule has 2 saturated carbocycles. The third-order valence-electron chi connectivity index (χ3n) is 3.86. The van der Waals surface area contributed by atoms with Crippen molar-refractivity contribution in [1.29, 1.82) is 0 Å². The van der Waals surface area contributed by atoms with E-state index in [4.69, 9.17) is 5.11 Å². The lowest BCUT2D eigenvalue weighted by molar-refractivity contribution is -0.131. The molecule has 2 aliphatic carbocycles. The minimum Gasteiger partial charge on any atom is -0.478 e. The monoisotopic (exact) mass is 335 g/mol. The molecule has 0 atom stereocenters. The minimum atomic E-state index is -0.922. The van der Waals surface area contributed by atoms with Crippen LogP contribution in [0.25, 0.3) is 6.08 Å². The first kappa shape index (κ1) is 13.7. The number of nitrogens with zero attached hydrogens (tertiary/aromatic N) is 1. The second-order valence-electron chi connectivity index (χ2n) is 5.70. The average molecular weight is 336 g/mol. The van der Waals surface area contributed by atoms with Crippen LogP contribution in [0.3, 0.4) is 0 Å². The van der Waals surface area contributed by atoms with Crippen molar-refractivity contribution in [2.45, 2.75) is 31.7 Å². The molecular weight excluding hydrogens is 318 g/mol. The van der Waals surface area contributed by atoms with Gasteiger partial charge in [-0.1, -0.05) is 22.0 Å². The quantitative estimate of drug-likeness (QED) is 0.801. The molecule has 2 aliphatic rings. The highest BCUT2D eigenvalue weighted by molar-refractivity contribution is 9.10. The van der Waals surface area contributed by atoms with Crippen LogP contribution in [-0.4, -0.2) is 23.7 Å². The van der Waals surface area contributed by atoms with Gasteiger partial charge in [0.1, 0.15) is 0 Å². The zero-order valence-corrected chi connectivity index (χ0v) is 12.8. The Morgan fingerprint density at radius 3 is 2.65 bits per heavy atom. The van der Waals surface area contributed by atoms with Crippen molar-refractivity contribution in [3.8, 4) is 0 Å². The fourth-order valence-corrected chi connectivity index (χ4v) is 2.92. The summed E-state index contributed by atoms with van der Waals surface area (Å²) < 4.78 is 0.953. The third kappa shape index (κ3) is 3.42. The third-order valence-corrected chi connectivity index (χ3v) is 4.55. The van der Waals surface area contributed by atoms with Crippen molar-refractivity contribution < 1.29 is 9.90 Å². The molecule has 0 spiro atoms. The van der Waals surface area contributed by atoms with Gasteiger partial charge in [0, 0.05) is 28.8 Å². The molecule has 2 fully saturated rings. The first-order chi connectivity index (χ1) is 9.63. The summed E-state index contributed by atoms with van der Waals surface area (Å²) in [5, 5.41) is 8.69. The molecule has 0 amide bonds. The van der Waals surface area contributed by atoms with Crippen LogP contribution in [0.1, 0.15) is 31.2 Å². The fourth-order valence-electron chi connectivity index (χ4n) is 2.42. The first-order valence-electron chi connectivity index (χ1n) is 7.10. The number of hydrogen-bond donors (Lipinski definition) is 1. The van der Waals surface area contributed by atoms with E-state index in [9.17, 15) is 4.79 Å². The highest BCUT2D eigenvalue weighted by atomic mass is 79.9. The van der Waals surface area contributed by atoms with Crippen molar-refractivity contribution in [3.05, 3.63) is 34.3 Å². The van der Waals surface area contributed by atoms with Gasteiger partial charge in [-0.3, -0.25) is 0 Å². The van der Waals surface area contributed by atoms with Crippen LogP contribution in [-0.2, 0) is 4.79 Å². The molecule has 3 rings (SSSR count). The molecule has 3 nitrogen and oxygen atoms in total. The number of hydrogen-bond acceptors (Lipinski definition) is 2. The molecule has 0 unspecified atom stereocenters. The van der Waals surface area contributed by atoms with Gasteiger partial charge in [0.2, 0.25) is 0 Å². The lowest BCUT2D eigenvalue weighted by Crippen LogP contribution is -2.27. The van der Waals surface area contributed by atoms with E-state index in [1.165, 1.54) is 44.0 Å². The van der Waals surface area contributed by atoms with Crippen molar-refractivity contribution in [2.24, 2.45) is 5.92 Å². The summed E-state index contributed by atoms with van der Waals surface area (Å²) in [5.74, 6) is -0.0460. The van der Waals surface area contributed by atoms with Crippen molar-refractivity contribution in [2.75, 3.05) is 11.4 Å². The SMILES string of the molecule is O=C(O)/C=C/c1ccc(N(CC2CC2)C2CC2)cc1Br. The van der Waals surface area contributed by atoms with E-state index in [-0.39, 0.29) is 0 Å². The number of aliphatic carboxylic acids is 1. The molecule has 0 saturated heterocycles. The molecule has 20 heavy (non-hydrogen) atoms. The van der Waals surface area contributed by atoms with Gasteiger partial charge in [-0.25, -0.2) is 4.79 Å². The summed E-state index contributed by atoms with van der Waals surface area (Å²) in [5.41, 5.74) is 2.15. The van der Waals surface area contributed by atoms with E-state index >= 15 is 0 Å². The number of rotatable bonds is 6. The number of carboxylic acids is 1. The van der Waals surface area contributed by atoms with Gasteiger partial charge in [-0.05, 0) is 55.4 Å². The van der Waals surface area contributed by atoms with Gasteiger partial charge in [-0.2, -0.15) is 0 Å². The van der Waals surface area contributed by atoms with Crippen LogP contribution < -0.4 is 4.90 Å². The topological polar surface area (TPSA) is 40.5 Å². The number of carbonyl (C=O) groups is 1. The zero-order chi connectivity index (χ0) is 14.1. The standard InChI is InChI=1S/C16H18BrNO2/c17-15-9-14(5-3-12(15)4-8-16(19)20)18(13-6-7-13)10-11-1-2-11/h3-5,8-9,11,13H,1-2,6-7,10H2,(H,19,20)/b8-4+. The molecule has 0 radical (unpaired) electrons. The summed E-state index contributed by atoms with van der Waals surface area (Å²) >= 11 is 3.55. The van der Waals surface area contributed by atoms with Crippen LogP contribution in [0, 0.1) is 5.92 Å². The maximum absolute atomic E-state index is 10.6. The summed E-state index contributed by atoms with van der Waals surface area (Å²) in [7, 11) is 0. The fraction of sp³-hybridized carbons (Fsp3) is 0.438. The van der Waals surface area contributed by atoms with Gasteiger partial charge >= 0.3 is 5.97 Å². The summed E-state index contributed by atoms with van der Waals surface area (Å²) in [6.07, 6.45) is 8.12. The Morgan fingerprint density at radius 1 is 1.35 bits per heavy atom. The Balaban J connectivity index is 1.78. The van der Waals surface area contributed by atoms with Crippen LogP contribution in [0.2, 0.25) is 0 Å². The lowest BCUT2D eigenvalue weighted by Gasteiger charge is -2.25. The van der Waals surface area contributed by atoms with Crippen LogP contribution in [0.4, 0.5) is 5.69 Å². The van der Waals surface area contributed by atoms with Gasteiger partial charge < -0.3 is 10.0 Å². The maximum Gasteiger partial charge on any atom is 0.328 e. The second-order valence-corrected chi connectivity index (χ2v) is 6.56. The number of halogens is 1. The molecular formula is C16H18BrNO2. The normalized spacial score (nSPS) is 18.4. The second kappa shape index (κ2) is 5.60. The summed E-state index contributed by atoms with van der Waals surface area (Å²) in [6.45, 7) is 1.17. The van der Waals surface area contributed by atoms with Crippen molar-refractivity contribution in [1.82, 2.24) is 0 Å². The number of carboxylic acid groups (broad SMARTS) is 1. The van der Waals surface area contributed by atoms with Gasteiger partial charge in [0.15, 0.2) is 0 Å². The summed E-state index contributed by atoms with van der Waals surface area (Å²) in [6, 6.07) is 6.92. The minimum absolute atomic E-state index is 0.711. The Kier molecular flexibility index (Phi) is 3.83. The highest BCUT2D eigenvalue weighted by Crippen LogP contribution is 2.38. The van der Waals surface area contributed by atoms with Crippen LogP contribution in [0.5, 0.6) is 0 Å². The Morgan fingerprint density at radius 2 is 2.10 bits per heavy atom. The molecule has 0 bridgehead atoms. The molecule has 1 aromatic carbocycles. The van der Waals surface area contributed by atoms with Crippen molar-refractivity contribution in [3.63, 3.8) is 0 Å². The molecule has 0 heterocycles. The lowest BCUT2D eigenvalue weighted by atomic mass is 10.1. The van der Waals surface area contributed by atoms with E-state index in [0.717, 1.165) is 16.0 Å². The van der Waals surface area contributed by atoms with E-state index in [2.05, 4.69) is 33.0 Å². The molecule has 1 aromatic rings. The van der Waals surface area contributed by atoms with E-state index in [0.29, 0.717) is 6.04 Å². The molecule has 0 aliphatic heterocycles. The Hall–Kier alpha value is -1.29. The molecule has 0 aromatic heterocycles. The van der Waals surface area contributed by atoms with Gasteiger partial charge in [0.25, 0.3) is 0 Å². The largest absolute Gasteiger partial charge is 0.478 e. The molecule has 106 valence electrons. The summed E-state index contributed by atoms with van der Waals surface area (Å²) in [4.78, 5) is 13.1. The zero-order valence-electron chi connectivity index (χ0n) is 11.3. The Labute approximate surface area is 127 Å². The van der Waals surface area contributed by atoms with Crippen molar-refractivity contribution >= 4 is 33.7 Å².